The number of carbonyl (C=O) groups is 1. The number of hydrogen-bond acceptors (Lipinski definition) is 3. The van der Waals surface area contributed by atoms with Gasteiger partial charge in [0.1, 0.15) is 0 Å². The summed E-state index contributed by atoms with van der Waals surface area (Å²) in [4.78, 5) is 13.2. The van der Waals surface area contributed by atoms with Crippen LogP contribution in [0.5, 0.6) is 0 Å². The van der Waals surface area contributed by atoms with E-state index in [9.17, 15) is 4.79 Å². The van der Waals surface area contributed by atoms with Crippen molar-refractivity contribution in [2.45, 2.75) is 25.8 Å². The van der Waals surface area contributed by atoms with Gasteiger partial charge in [0.05, 0.1) is 0 Å². The summed E-state index contributed by atoms with van der Waals surface area (Å²) in [6.45, 7) is 6.96. The quantitative estimate of drug-likeness (QED) is 0.659. The second kappa shape index (κ2) is 4.28. The molecule has 0 aliphatic carbocycles. The van der Waals surface area contributed by atoms with Crippen LogP contribution in [-0.4, -0.2) is 43.0 Å². The predicted octanol–water partition coefficient (Wildman–Crippen LogP) is -0.208. The molecule has 0 bridgehead atoms. The Balaban J connectivity index is 2.19. The first-order valence-corrected chi connectivity index (χ1v) is 5.20. The predicted molar refractivity (Wildman–Crippen MR) is 56.9 cm³/mol. The highest BCUT2D eigenvalue weighted by molar-refractivity contribution is 5.75. The molecule has 1 rings (SSSR count). The molecule has 1 fully saturated rings. The van der Waals surface area contributed by atoms with Crippen LogP contribution in [0, 0.1) is 5.92 Å². The fourth-order valence-corrected chi connectivity index (χ4v) is 1.69. The number of likely N-dealkylation sites (tertiary alicyclic amines) is 1. The van der Waals surface area contributed by atoms with E-state index in [4.69, 9.17) is 5.73 Å². The summed E-state index contributed by atoms with van der Waals surface area (Å²) in [5.41, 5.74) is 6.11. The van der Waals surface area contributed by atoms with Crippen molar-refractivity contribution in [1.82, 2.24) is 10.2 Å². The van der Waals surface area contributed by atoms with Crippen LogP contribution in [0.2, 0.25) is 0 Å². The molecule has 0 aromatic heterocycles. The topological polar surface area (TPSA) is 58.4 Å². The molecule has 14 heavy (non-hydrogen) atoms. The van der Waals surface area contributed by atoms with Crippen LogP contribution in [0.25, 0.3) is 0 Å². The fourth-order valence-electron chi connectivity index (χ4n) is 1.69. The highest BCUT2D eigenvalue weighted by Crippen LogP contribution is 2.25. The Labute approximate surface area is 85.8 Å². The van der Waals surface area contributed by atoms with E-state index in [-0.39, 0.29) is 11.4 Å². The first kappa shape index (κ1) is 11.5. The lowest BCUT2D eigenvalue weighted by molar-refractivity contribution is -0.121. The van der Waals surface area contributed by atoms with Crippen LogP contribution in [0.4, 0.5) is 0 Å². The Bertz CT molecular complexity index is 209. The lowest BCUT2D eigenvalue weighted by Gasteiger charge is -2.50. The Hall–Kier alpha value is -0.610. The Morgan fingerprint density at radius 2 is 2.14 bits per heavy atom. The number of carbonyl (C=O) groups excluding carboxylic acids is 1. The Kier molecular flexibility index (Phi) is 3.50. The van der Waals surface area contributed by atoms with E-state index >= 15 is 0 Å². The molecule has 0 unspecified atom stereocenters. The molecule has 82 valence electrons. The molecule has 0 aromatic carbocycles. The number of nitrogens with zero attached hydrogens (tertiary/aromatic N) is 1. The van der Waals surface area contributed by atoms with E-state index in [1.54, 1.807) is 7.05 Å². The monoisotopic (exact) mass is 199 g/mol. The largest absolute Gasteiger partial charge is 0.359 e. The van der Waals surface area contributed by atoms with E-state index in [0.29, 0.717) is 12.3 Å². The first-order chi connectivity index (χ1) is 6.48. The number of nitrogens with one attached hydrogen (secondary N) is 1. The van der Waals surface area contributed by atoms with Gasteiger partial charge in [-0.1, -0.05) is 13.8 Å². The molecule has 0 radical (unpaired) electrons. The average molecular weight is 199 g/mol. The van der Waals surface area contributed by atoms with Crippen molar-refractivity contribution < 1.29 is 4.79 Å². The summed E-state index contributed by atoms with van der Waals surface area (Å²) in [5.74, 6) is 0.614. The first-order valence-electron chi connectivity index (χ1n) is 5.20. The van der Waals surface area contributed by atoms with Gasteiger partial charge in [-0.05, 0) is 5.92 Å². The summed E-state index contributed by atoms with van der Waals surface area (Å²) >= 11 is 0. The molecular weight excluding hydrogens is 178 g/mol. The minimum absolute atomic E-state index is 0.0251. The summed E-state index contributed by atoms with van der Waals surface area (Å²) in [6.07, 6.45) is 0.574. The maximum absolute atomic E-state index is 11.0. The maximum atomic E-state index is 11.0. The molecule has 1 saturated heterocycles. The number of hydrogen-bond donors (Lipinski definition) is 2. The van der Waals surface area contributed by atoms with E-state index < -0.39 is 0 Å². The van der Waals surface area contributed by atoms with Crippen LogP contribution in [-0.2, 0) is 4.79 Å². The van der Waals surface area contributed by atoms with Crippen molar-refractivity contribution in [3.8, 4) is 0 Å². The van der Waals surface area contributed by atoms with E-state index in [1.165, 1.54) is 0 Å². The lowest BCUT2D eigenvalue weighted by Crippen LogP contribution is -2.70. The van der Waals surface area contributed by atoms with Gasteiger partial charge < -0.3 is 11.1 Å². The number of rotatable bonds is 4. The maximum Gasteiger partial charge on any atom is 0.221 e. The summed E-state index contributed by atoms with van der Waals surface area (Å²) < 4.78 is 0. The van der Waals surface area contributed by atoms with Crippen molar-refractivity contribution >= 4 is 5.91 Å². The van der Waals surface area contributed by atoms with Crippen molar-refractivity contribution in [1.29, 1.82) is 0 Å². The number of nitrogens with two attached hydrogens (primary N) is 1. The molecule has 0 aromatic rings. The molecule has 3 N–H and O–H groups in total. The Morgan fingerprint density at radius 3 is 2.57 bits per heavy atom. The third-order valence-corrected chi connectivity index (χ3v) is 3.12. The number of amides is 1. The minimum atomic E-state index is -0.0251. The molecule has 1 amide bonds. The zero-order chi connectivity index (χ0) is 10.8. The second-order valence-corrected chi connectivity index (χ2v) is 4.52. The van der Waals surface area contributed by atoms with Crippen molar-refractivity contribution in [3.05, 3.63) is 0 Å². The standard InChI is InChI=1S/C10H21N3O/c1-8(2)10(11)6-13(7-10)5-4-9(14)12-3/h8H,4-7,11H2,1-3H3,(H,12,14). The SMILES string of the molecule is CNC(=O)CCN1CC(N)(C(C)C)C1. The van der Waals surface area contributed by atoms with Gasteiger partial charge in [0.25, 0.3) is 0 Å². The smallest absolute Gasteiger partial charge is 0.221 e. The normalized spacial score (nSPS) is 20.6. The van der Waals surface area contributed by atoms with Crippen LogP contribution >= 0.6 is 0 Å². The highest BCUT2D eigenvalue weighted by Gasteiger charge is 2.41. The van der Waals surface area contributed by atoms with Gasteiger partial charge in [-0.3, -0.25) is 9.69 Å². The van der Waals surface area contributed by atoms with Gasteiger partial charge in [-0.25, -0.2) is 0 Å². The van der Waals surface area contributed by atoms with Crippen molar-refractivity contribution in [2.24, 2.45) is 11.7 Å². The van der Waals surface area contributed by atoms with E-state index in [1.807, 2.05) is 0 Å². The van der Waals surface area contributed by atoms with E-state index in [0.717, 1.165) is 19.6 Å². The van der Waals surface area contributed by atoms with Crippen LogP contribution in [0.15, 0.2) is 0 Å². The summed E-state index contributed by atoms with van der Waals surface area (Å²) in [7, 11) is 1.67. The van der Waals surface area contributed by atoms with Gasteiger partial charge in [-0.15, -0.1) is 0 Å². The molecule has 1 heterocycles. The molecule has 1 aliphatic rings. The highest BCUT2D eigenvalue weighted by atomic mass is 16.1. The molecular formula is C10H21N3O. The molecule has 4 nitrogen and oxygen atoms in total. The molecule has 0 saturated carbocycles. The molecule has 0 spiro atoms. The summed E-state index contributed by atoms with van der Waals surface area (Å²) in [6, 6.07) is 0. The third kappa shape index (κ3) is 2.45. The second-order valence-electron chi connectivity index (χ2n) is 4.52. The minimum Gasteiger partial charge on any atom is -0.359 e. The fraction of sp³-hybridized carbons (Fsp3) is 0.900. The lowest BCUT2D eigenvalue weighted by atomic mass is 9.80. The average Bonchev–Trinajstić information content (AvgIpc) is 2.09. The molecule has 1 aliphatic heterocycles. The van der Waals surface area contributed by atoms with Crippen LogP contribution in [0.3, 0.4) is 0 Å². The van der Waals surface area contributed by atoms with Crippen LogP contribution in [0.1, 0.15) is 20.3 Å². The van der Waals surface area contributed by atoms with Gasteiger partial charge in [0.15, 0.2) is 0 Å². The third-order valence-electron chi connectivity index (χ3n) is 3.12. The van der Waals surface area contributed by atoms with Crippen LogP contribution < -0.4 is 11.1 Å². The van der Waals surface area contributed by atoms with Gasteiger partial charge in [0, 0.05) is 38.6 Å². The van der Waals surface area contributed by atoms with Gasteiger partial charge in [-0.2, -0.15) is 0 Å². The molecule has 4 heteroatoms. The van der Waals surface area contributed by atoms with Crippen molar-refractivity contribution in [3.63, 3.8) is 0 Å². The Morgan fingerprint density at radius 1 is 1.57 bits per heavy atom. The zero-order valence-corrected chi connectivity index (χ0v) is 9.34. The zero-order valence-electron chi connectivity index (χ0n) is 9.34. The van der Waals surface area contributed by atoms with Gasteiger partial charge >= 0.3 is 0 Å². The molecule has 0 atom stereocenters. The van der Waals surface area contributed by atoms with E-state index in [2.05, 4.69) is 24.1 Å². The van der Waals surface area contributed by atoms with Crippen molar-refractivity contribution in [2.75, 3.05) is 26.7 Å². The van der Waals surface area contributed by atoms with Gasteiger partial charge in [0.2, 0.25) is 5.91 Å². The summed E-state index contributed by atoms with van der Waals surface area (Å²) in [5, 5.41) is 2.62.